The van der Waals surface area contributed by atoms with Crippen molar-refractivity contribution in [1.29, 1.82) is 0 Å². The highest BCUT2D eigenvalue weighted by molar-refractivity contribution is 5.76. The molecule has 0 aromatic carbocycles. The van der Waals surface area contributed by atoms with Crippen molar-refractivity contribution >= 4 is 5.91 Å². The third-order valence-electron chi connectivity index (χ3n) is 14.4. The highest BCUT2D eigenvalue weighted by atomic mass is 16.7. The molecular formula is C61H109NO13. The predicted molar refractivity (Wildman–Crippen MR) is 300 cm³/mol. The highest BCUT2D eigenvalue weighted by Crippen LogP contribution is 2.30. The topological polar surface area (TPSA) is 228 Å². The van der Waals surface area contributed by atoms with E-state index in [2.05, 4.69) is 67.8 Å². The normalized spacial score (nSPS) is 25.5. The first-order valence-electron chi connectivity index (χ1n) is 30.0. The van der Waals surface area contributed by atoms with Crippen LogP contribution in [-0.2, 0) is 23.7 Å². The third kappa shape index (κ3) is 32.4. The first-order chi connectivity index (χ1) is 36.6. The van der Waals surface area contributed by atoms with Gasteiger partial charge < -0.3 is 65.1 Å². The van der Waals surface area contributed by atoms with E-state index in [-0.39, 0.29) is 18.9 Å². The molecule has 0 radical (unpaired) electrons. The minimum Gasteiger partial charge on any atom is -0.394 e. The summed E-state index contributed by atoms with van der Waals surface area (Å²) in [6.45, 7) is 2.68. The van der Waals surface area contributed by atoms with Crippen LogP contribution < -0.4 is 5.32 Å². The summed E-state index contributed by atoms with van der Waals surface area (Å²) in [5, 5.41) is 86.6. The molecule has 436 valence electrons. The number of ether oxygens (including phenoxy) is 4. The van der Waals surface area contributed by atoms with Crippen molar-refractivity contribution in [2.45, 2.75) is 299 Å². The Kier molecular flexibility index (Phi) is 42.7. The number of rotatable bonds is 47. The highest BCUT2D eigenvalue weighted by Gasteiger charge is 2.51. The fourth-order valence-electron chi connectivity index (χ4n) is 9.54. The maximum atomic E-state index is 13.2. The van der Waals surface area contributed by atoms with Gasteiger partial charge in [0.1, 0.15) is 48.8 Å². The van der Waals surface area contributed by atoms with Crippen LogP contribution >= 0.6 is 0 Å². The molecule has 75 heavy (non-hydrogen) atoms. The van der Waals surface area contributed by atoms with Crippen molar-refractivity contribution in [3.8, 4) is 0 Å². The molecule has 0 aliphatic carbocycles. The molecule has 0 spiro atoms. The Labute approximate surface area is 454 Å². The molecule has 12 unspecified atom stereocenters. The molecule has 14 nitrogen and oxygen atoms in total. The van der Waals surface area contributed by atoms with Crippen LogP contribution in [0.3, 0.4) is 0 Å². The summed E-state index contributed by atoms with van der Waals surface area (Å²) in [5.41, 5.74) is 0. The van der Waals surface area contributed by atoms with Gasteiger partial charge in [-0.3, -0.25) is 4.79 Å². The average molecular weight is 1060 g/mol. The smallest absolute Gasteiger partial charge is 0.220 e. The minimum absolute atomic E-state index is 0.253. The van der Waals surface area contributed by atoms with Gasteiger partial charge in [0.15, 0.2) is 12.6 Å². The van der Waals surface area contributed by atoms with E-state index in [1.807, 2.05) is 6.08 Å². The molecule has 0 bridgehead atoms. The molecule has 2 aliphatic rings. The van der Waals surface area contributed by atoms with E-state index in [1.54, 1.807) is 6.08 Å². The summed E-state index contributed by atoms with van der Waals surface area (Å²) < 4.78 is 22.7. The van der Waals surface area contributed by atoms with Gasteiger partial charge in [0.05, 0.1) is 32.0 Å². The number of aliphatic hydroxyl groups excluding tert-OH is 8. The predicted octanol–water partition coefficient (Wildman–Crippen LogP) is 10.2. The molecule has 2 aliphatic heterocycles. The van der Waals surface area contributed by atoms with Gasteiger partial charge in [0.25, 0.3) is 0 Å². The van der Waals surface area contributed by atoms with Crippen molar-refractivity contribution in [1.82, 2.24) is 5.32 Å². The van der Waals surface area contributed by atoms with E-state index in [0.717, 1.165) is 57.8 Å². The molecule has 0 saturated carbocycles. The zero-order chi connectivity index (χ0) is 54.6. The number of nitrogens with one attached hydrogen (secondary N) is 1. The van der Waals surface area contributed by atoms with E-state index < -0.39 is 86.8 Å². The van der Waals surface area contributed by atoms with Crippen LogP contribution in [0, 0.1) is 0 Å². The van der Waals surface area contributed by atoms with Crippen LogP contribution in [0.25, 0.3) is 0 Å². The SMILES string of the molecule is CCCC/C=C/CC/C=C/C(O)C(COC1OC(CO)C(OC2OC(CO)C(O)C(O)C2O)C(O)C1O)NC(=O)CCCCCCCCCCCCCCCCCCCC/C=C\C/C=C\C/C=C\CCCCCCC. The maximum Gasteiger partial charge on any atom is 0.220 e. The van der Waals surface area contributed by atoms with Crippen molar-refractivity contribution < 1.29 is 64.6 Å². The lowest BCUT2D eigenvalue weighted by Gasteiger charge is -2.46. The number of carbonyl (C=O) groups excluding carboxylic acids is 1. The number of unbranched alkanes of at least 4 members (excludes halogenated alkanes) is 26. The summed E-state index contributed by atoms with van der Waals surface area (Å²) in [6, 6.07) is -0.929. The summed E-state index contributed by atoms with van der Waals surface area (Å²) in [4.78, 5) is 13.2. The fourth-order valence-corrected chi connectivity index (χ4v) is 9.54. The zero-order valence-electron chi connectivity index (χ0n) is 46.8. The number of carbonyl (C=O) groups is 1. The lowest BCUT2D eigenvalue weighted by atomic mass is 9.97. The number of allylic oxidation sites excluding steroid dienone is 9. The van der Waals surface area contributed by atoms with Gasteiger partial charge in [0.2, 0.25) is 5.91 Å². The van der Waals surface area contributed by atoms with Crippen molar-refractivity contribution in [2.75, 3.05) is 19.8 Å². The molecule has 14 heteroatoms. The minimum atomic E-state index is -1.79. The van der Waals surface area contributed by atoms with E-state index in [4.69, 9.17) is 18.9 Å². The van der Waals surface area contributed by atoms with Gasteiger partial charge in [0, 0.05) is 6.42 Å². The molecule has 12 atom stereocenters. The number of aliphatic hydroxyl groups is 8. The van der Waals surface area contributed by atoms with Crippen molar-refractivity contribution in [2.24, 2.45) is 0 Å². The van der Waals surface area contributed by atoms with Crippen LogP contribution in [-0.4, -0.2) is 140 Å². The number of hydrogen-bond acceptors (Lipinski definition) is 13. The second-order valence-electron chi connectivity index (χ2n) is 21.1. The van der Waals surface area contributed by atoms with E-state index in [9.17, 15) is 45.6 Å². The van der Waals surface area contributed by atoms with Gasteiger partial charge >= 0.3 is 0 Å². The van der Waals surface area contributed by atoms with Gasteiger partial charge in [-0.25, -0.2) is 0 Å². The van der Waals surface area contributed by atoms with Crippen molar-refractivity contribution in [3.05, 3.63) is 60.8 Å². The first-order valence-corrected chi connectivity index (χ1v) is 30.0. The van der Waals surface area contributed by atoms with Crippen LogP contribution in [0.5, 0.6) is 0 Å². The Bertz CT molecular complexity index is 1490. The second-order valence-corrected chi connectivity index (χ2v) is 21.1. The van der Waals surface area contributed by atoms with Gasteiger partial charge in [-0.1, -0.05) is 216 Å². The Balaban J connectivity index is 1.59. The Morgan fingerprint density at radius 2 is 0.907 bits per heavy atom. The summed E-state index contributed by atoms with van der Waals surface area (Å²) in [5.74, 6) is -0.253. The molecular weight excluding hydrogens is 955 g/mol. The van der Waals surface area contributed by atoms with E-state index in [0.29, 0.717) is 12.8 Å². The number of amides is 1. The van der Waals surface area contributed by atoms with Gasteiger partial charge in [-0.05, 0) is 64.2 Å². The Morgan fingerprint density at radius 1 is 0.480 bits per heavy atom. The Hall–Kier alpha value is -2.31. The van der Waals surface area contributed by atoms with Crippen LogP contribution in [0.1, 0.15) is 226 Å². The third-order valence-corrected chi connectivity index (χ3v) is 14.4. The fraction of sp³-hybridized carbons (Fsp3) is 0.820. The molecule has 1 amide bonds. The van der Waals surface area contributed by atoms with E-state index in [1.165, 1.54) is 135 Å². The molecule has 0 aromatic heterocycles. The zero-order valence-corrected chi connectivity index (χ0v) is 46.8. The number of hydrogen-bond donors (Lipinski definition) is 9. The first kappa shape index (κ1) is 68.8. The summed E-state index contributed by atoms with van der Waals surface area (Å²) in [7, 11) is 0. The van der Waals surface area contributed by atoms with Crippen LogP contribution in [0.15, 0.2) is 60.8 Å². The average Bonchev–Trinajstić information content (AvgIpc) is 3.41. The summed E-state index contributed by atoms with van der Waals surface area (Å²) in [6.07, 6.45) is 43.2. The lowest BCUT2D eigenvalue weighted by Crippen LogP contribution is -2.65. The molecule has 0 aromatic rings. The largest absolute Gasteiger partial charge is 0.394 e. The van der Waals surface area contributed by atoms with Gasteiger partial charge in [-0.2, -0.15) is 0 Å². The molecule has 2 fully saturated rings. The molecule has 2 saturated heterocycles. The Morgan fingerprint density at radius 3 is 1.44 bits per heavy atom. The van der Waals surface area contributed by atoms with Crippen LogP contribution in [0.4, 0.5) is 0 Å². The van der Waals surface area contributed by atoms with Gasteiger partial charge in [-0.15, -0.1) is 0 Å². The van der Waals surface area contributed by atoms with Crippen molar-refractivity contribution in [3.63, 3.8) is 0 Å². The molecule has 9 N–H and O–H groups in total. The standard InChI is InChI=1S/C61H109NO13/c1-3-5-7-9-11-13-14-15-16-17-18-19-20-21-22-23-24-25-26-27-28-29-30-31-32-33-34-35-36-37-39-41-43-45-53(66)62-49(50(65)44-42-40-38-12-10-8-6-4-2)48-72-60-58(71)56(69)59(52(47-64)74-60)75-61-57(70)55(68)54(67)51(46-63)73-61/h10,12,14-15,17-18,20-21,42,44,49-52,54-61,63-65,67-71H,3-9,11,13,16,19,22-41,43,45-48H2,1-2H3,(H,62,66)/b12-10+,15-14-,18-17-,21-20-,44-42+. The molecule has 2 rings (SSSR count). The van der Waals surface area contributed by atoms with E-state index >= 15 is 0 Å². The quantitative estimate of drug-likeness (QED) is 0.0204. The monoisotopic (exact) mass is 1060 g/mol. The lowest BCUT2D eigenvalue weighted by molar-refractivity contribution is -0.359. The van der Waals surface area contributed by atoms with Crippen LogP contribution in [0.2, 0.25) is 0 Å². The second kappa shape index (κ2) is 46.6. The summed E-state index contributed by atoms with van der Waals surface area (Å²) >= 11 is 0. The maximum absolute atomic E-state index is 13.2. The molecule has 2 heterocycles.